The quantitative estimate of drug-likeness (QED) is 0.450. The van der Waals surface area contributed by atoms with Gasteiger partial charge in [-0.3, -0.25) is 0 Å². The van der Waals surface area contributed by atoms with Crippen molar-refractivity contribution < 1.29 is 5.11 Å². The van der Waals surface area contributed by atoms with E-state index in [0.717, 1.165) is 25.1 Å². The van der Waals surface area contributed by atoms with Gasteiger partial charge in [0.2, 0.25) is 0 Å². The molecule has 4 N–H and O–H groups in total. The molecule has 0 aliphatic rings. The highest BCUT2D eigenvalue weighted by Gasteiger charge is 2.07. The van der Waals surface area contributed by atoms with E-state index in [1.807, 2.05) is 13.8 Å². The molecule has 4 heteroatoms. The van der Waals surface area contributed by atoms with Crippen molar-refractivity contribution in [3.63, 3.8) is 0 Å². The Balaban J connectivity index is 3.65. The lowest BCUT2D eigenvalue weighted by molar-refractivity contribution is 0.129. The summed E-state index contributed by atoms with van der Waals surface area (Å²) < 4.78 is 0. The maximum atomic E-state index is 9.35. The standard InChI is InChI=1S/C14H27N3O/c1-10(2)16-14(6)17-13(5)15-9-7-8-11(3)12(4)18/h11-12,15-18H,1,5-9H2,2-4H3. The van der Waals surface area contributed by atoms with Crippen LogP contribution in [0.25, 0.3) is 0 Å². The molecular weight excluding hydrogens is 226 g/mol. The number of hydrogen-bond acceptors (Lipinski definition) is 4. The normalized spacial score (nSPS) is 13.3. The molecule has 0 fully saturated rings. The van der Waals surface area contributed by atoms with E-state index in [9.17, 15) is 5.11 Å². The largest absolute Gasteiger partial charge is 0.393 e. The van der Waals surface area contributed by atoms with E-state index < -0.39 is 0 Å². The van der Waals surface area contributed by atoms with Gasteiger partial charge in [-0.25, -0.2) is 0 Å². The van der Waals surface area contributed by atoms with Crippen LogP contribution in [0.4, 0.5) is 0 Å². The SMILES string of the molecule is C=C(C)NC(=C)NC(=C)NCCCC(C)C(C)O. The predicted molar refractivity (Wildman–Crippen MR) is 77.4 cm³/mol. The van der Waals surface area contributed by atoms with Gasteiger partial charge in [-0.2, -0.15) is 0 Å². The average molecular weight is 253 g/mol. The number of rotatable bonds is 10. The Hall–Kier alpha value is -1.42. The van der Waals surface area contributed by atoms with Crippen molar-refractivity contribution in [3.05, 3.63) is 37.1 Å². The zero-order valence-corrected chi connectivity index (χ0v) is 11.8. The number of hydrogen-bond donors (Lipinski definition) is 4. The first-order valence-electron chi connectivity index (χ1n) is 6.32. The molecule has 0 aromatic heterocycles. The first kappa shape index (κ1) is 16.6. The van der Waals surface area contributed by atoms with Crippen molar-refractivity contribution in [2.24, 2.45) is 5.92 Å². The van der Waals surface area contributed by atoms with Crippen molar-refractivity contribution >= 4 is 0 Å². The smallest absolute Gasteiger partial charge is 0.101 e. The van der Waals surface area contributed by atoms with Crippen LogP contribution < -0.4 is 16.0 Å². The van der Waals surface area contributed by atoms with Crippen LogP contribution >= 0.6 is 0 Å². The molecule has 0 spiro atoms. The minimum atomic E-state index is -0.245. The van der Waals surface area contributed by atoms with Crippen LogP contribution in [0.3, 0.4) is 0 Å². The zero-order chi connectivity index (χ0) is 14.1. The zero-order valence-electron chi connectivity index (χ0n) is 11.8. The second kappa shape index (κ2) is 8.64. The number of allylic oxidation sites excluding steroid dienone is 1. The maximum Gasteiger partial charge on any atom is 0.101 e. The van der Waals surface area contributed by atoms with Crippen LogP contribution in [0.5, 0.6) is 0 Å². The monoisotopic (exact) mass is 253 g/mol. The summed E-state index contributed by atoms with van der Waals surface area (Å²) >= 11 is 0. The van der Waals surface area contributed by atoms with Crippen LogP contribution in [-0.2, 0) is 0 Å². The fourth-order valence-electron chi connectivity index (χ4n) is 1.42. The molecule has 4 nitrogen and oxygen atoms in total. The molecule has 0 saturated carbocycles. The Morgan fingerprint density at radius 3 is 2.22 bits per heavy atom. The Kier molecular flexibility index (Phi) is 7.96. The summed E-state index contributed by atoms with van der Waals surface area (Å²) in [5.41, 5.74) is 0.825. The van der Waals surface area contributed by atoms with Gasteiger partial charge in [0.05, 0.1) is 11.9 Å². The third-order valence-corrected chi connectivity index (χ3v) is 2.66. The topological polar surface area (TPSA) is 56.3 Å². The van der Waals surface area contributed by atoms with Gasteiger partial charge in [-0.05, 0) is 32.6 Å². The summed E-state index contributed by atoms with van der Waals surface area (Å²) in [5.74, 6) is 1.68. The fraction of sp³-hybridized carbons (Fsp3) is 0.571. The van der Waals surface area contributed by atoms with Crippen LogP contribution in [0, 0.1) is 5.92 Å². The van der Waals surface area contributed by atoms with Gasteiger partial charge in [-0.15, -0.1) is 0 Å². The highest BCUT2D eigenvalue weighted by atomic mass is 16.3. The summed E-state index contributed by atoms with van der Waals surface area (Å²) in [5, 5.41) is 18.5. The Morgan fingerprint density at radius 1 is 1.11 bits per heavy atom. The van der Waals surface area contributed by atoms with Crippen molar-refractivity contribution in [2.75, 3.05) is 6.54 Å². The summed E-state index contributed by atoms with van der Waals surface area (Å²) in [4.78, 5) is 0. The lowest BCUT2D eigenvalue weighted by Crippen LogP contribution is -2.30. The molecule has 0 heterocycles. The summed E-state index contributed by atoms with van der Waals surface area (Å²) in [6, 6.07) is 0. The van der Waals surface area contributed by atoms with Gasteiger partial charge in [0.15, 0.2) is 0 Å². The van der Waals surface area contributed by atoms with Gasteiger partial charge in [-0.1, -0.05) is 26.7 Å². The van der Waals surface area contributed by atoms with Gasteiger partial charge in [0.1, 0.15) is 5.82 Å². The molecule has 0 aromatic carbocycles. The van der Waals surface area contributed by atoms with E-state index in [4.69, 9.17) is 0 Å². The maximum absolute atomic E-state index is 9.35. The van der Waals surface area contributed by atoms with Gasteiger partial charge in [0.25, 0.3) is 0 Å². The molecule has 2 atom stereocenters. The van der Waals surface area contributed by atoms with Gasteiger partial charge in [0, 0.05) is 12.2 Å². The summed E-state index contributed by atoms with van der Waals surface area (Å²) in [7, 11) is 0. The van der Waals surface area contributed by atoms with E-state index in [2.05, 4.69) is 42.6 Å². The molecule has 0 bridgehead atoms. The van der Waals surface area contributed by atoms with Crippen LogP contribution in [0.2, 0.25) is 0 Å². The number of aliphatic hydroxyl groups excluding tert-OH is 1. The third-order valence-electron chi connectivity index (χ3n) is 2.66. The molecule has 18 heavy (non-hydrogen) atoms. The van der Waals surface area contributed by atoms with Crippen LogP contribution in [0.15, 0.2) is 37.1 Å². The molecule has 0 aliphatic carbocycles. The van der Waals surface area contributed by atoms with Crippen molar-refractivity contribution in [1.29, 1.82) is 0 Å². The minimum Gasteiger partial charge on any atom is -0.393 e. The molecule has 0 saturated heterocycles. The first-order valence-corrected chi connectivity index (χ1v) is 6.32. The second-order valence-electron chi connectivity index (χ2n) is 4.77. The lowest BCUT2D eigenvalue weighted by atomic mass is 10.0. The fourth-order valence-corrected chi connectivity index (χ4v) is 1.42. The predicted octanol–water partition coefficient (Wildman–Crippen LogP) is 2.03. The lowest BCUT2D eigenvalue weighted by Gasteiger charge is -2.17. The summed E-state index contributed by atoms with van der Waals surface area (Å²) in [6.07, 6.45) is 1.74. The van der Waals surface area contributed by atoms with E-state index in [1.165, 1.54) is 0 Å². The van der Waals surface area contributed by atoms with Crippen molar-refractivity contribution in [3.8, 4) is 0 Å². The Labute approximate surface area is 111 Å². The van der Waals surface area contributed by atoms with Crippen molar-refractivity contribution in [1.82, 2.24) is 16.0 Å². The summed E-state index contributed by atoms with van der Waals surface area (Å²) in [6.45, 7) is 17.9. The van der Waals surface area contributed by atoms with E-state index >= 15 is 0 Å². The molecule has 0 radical (unpaired) electrons. The van der Waals surface area contributed by atoms with Crippen molar-refractivity contribution in [2.45, 2.75) is 39.7 Å². The number of nitrogens with one attached hydrogen (secondary N) is 3. The molecule has 2 unspecified atom stereocenters. The molecular formula is C14H27N3O. The van der Waals surface area contributed by atoms with E-state index in [-0.39, 0.29) is 6.10 Å². The second-order valence-corrected chi connectivity index (χ2v) is 4.77. The molecule has 0 amide bonds. The van der Waals surface area contributed by atoms with Crippen LogP contribution in [0.1, 0.15) is 33.6 Å². The minimum absolute atomic E-state index is 0.245. The molecule has 0 aliphatic heterocycles. The van der Waals surface area contributed by atoms with Gasteiger partial charge >= 0.3 is 0 Å². The third kappa shape index (κ3) is 8.70. The number of aliphatic hydroxyl groups is 1. The molecule has 0 rings (SSSR count). The highest BCUT2D eigenvalue weighted by molar-refractivity contribution is 5.06. The Morgan fingerprint density at radius 2 is 1.72 bits per heavy atom. The highest BCUT2D eigenvalue weighted by Crippen LogP contribution is 2.09. The van der Waals surface area contributed by atoms with E-state index in [0.29, 0.717) is 17.6 Å². The molecule has 0 aromatic rings. The van der Waals surface area contributed by atoms with Gasteiger partial charge < -0.3 is 21.1 Å². The first-order chi connectivity index (χ1) is 8.32. The van der Waals surface area contributed by atoms with Crippen LogP contribution in [-0.4, -0.2) is 17.8 Å². The average Bonchev–Trinajstić information content (AvgIpc) is 2.22. The Bertz CT molecular complexity index is 297. The molecule has 104 valence electrons. The van der Waals surface area contributed by atoms with E-state index in [1.54, 1.807) is 0 Å².